The van der Waals surface area contributed by atoms with Crippen molar-refractivity contribution >= 4 is 17.2 Å². The average molecular weight is 332 g/mol. The number of thiazole rings is 1. The molecular weight excluding hydrogens is 312 g/mol. The summed E-state index contributed by atoms with van der Waals surface area (Å²) in [6.07, 6.45) is 3.00. The van der Waals surface area contributed by atoms with E-state index in [0.29, 0.717) is 18.8 Å². The quantitative estimate of drug-likeness (QED) is 0.865. The lowest BCUT2D eigenvalue weighted by Gasteiger charge is -2.34. The van der Waals surface area contributed by atoms with Crippen LogP contribution >= 0.6 is 11.3 Å². The molecule has 0 radical (unpaired) electrons. The Kier molecular flexibility index (Phi) is 4.56. The Morgan fingerprint density at radius 1 is 1.39 bits per heavy atom. The zero-order valence-corrected chi connectivity index (χ0v) is 14.2. The van der Waals surface area contributed by atoms with Gasteiger partial charge < -0.3 is 4.90 Å². The Labute approximate surface area is 138 Å². The third-order valence-corrected chi connectivity index (χ3v) is 5.13. The van der Waals surface area contributed by atoms with Gasteiger partial charge in [0.05, 0.1) is 6.04 Å². The number of aromatic nitrogens is 3. The number of amides is 1. The lowest BCUT2D eigenvalue weighted by atomic mass is 10.0. The largest absolute Gasteiger partial charge is 0.328 e. The van der Waals surface area contributed by atoms with E-state index in [-0.39, 0.29) is 17.5 Å². The Morgan fingerprint density at radius 3 is 2.91 bits per heavy atom. The van der Waals surface area contributed by atoms with Crippen molar-refractivity contribution in [2.45, 2.75) is 45.7 Å². The number of hydrogen-bond donors (Lipinski definition) is 0. The molecule has 1 fully saturated rings. The molecular formula is C16H20N4O2S. The highest BCUT2D eigenvalue weighted by Gasteiger charge is 2.31. The van der Waals surface area contributed by atoms with E-state index in [1.165, 1.54) is 16.8 Å². The standard InChI is InChI=1S/C16H20N4O2S/c1-3-20-14(21)8-7-12(18-20)16(22)19-9-5-4-6-13(19)15-17-11(2)10-23-15/h7-8,10,13H,3-6,9H2,1-2H3/t13-/m0/s1. The van der Waals surface area contributed by atoms with Gasteiger partial charge >= 0.3 is 0 Å². The highest BCUT2D eigenvalue weighted by atomic mass is 32.1. The SMILES string of the molecule is CCn1nc(C(=O)N2CCCC[C@H]2c2nc(C)cs2)ccc1=O. The highest BCUT2D eigenvalue weighted by Crippen LogP contribution is 2.33. The predicted octanol–water partition coefficient (Wildman–Crippen LogP) is 2.40. The van der Waals surface area contributed by atoms with Gasteiger partial charge in [-0.25, -0.2) is 9.67 Å². The summed E-state index contributed by atoms with van der Waals surface area (Å²) in [6.45, 7) is 4.96. The van der Waals surface area contributed by atoms with Crippen LogP contribution in [-0.4, -0.2) is 32.1 Å². The van der Waals surface area contributed by atoms with Crippen molar-refractivity contribution in [3.8, 4) is 0 Å². The minimum absolute atomic E-state index is 0.0127. The van der Waals surface area contributed by atoms with Crippen LogP contribution in [0.3, 0.4) is 0 Å². The van der Waals surface area contributed by atoms with Gasteiger partial charge in [-0.2, -0.15) is 5.10 Å². The van der Waals surface area contributed by atoms with Crippen LogP contribution in [-0.2, 0) is 6.54 Å². The maximum atomic E-state index is 12.9. The maximum Gasteiger partial charge on any atom is 0.274 e. The Hall–Kier alpha value is -2.02. The van der Waals surface area contributed by atoms with Crippen LogP contribution in [0.15, 0.2) is 22.3 Å². The van der Waals surface area contributed by atoms with Crippen molar-refractivity contribution in [1.29, 1.82) is 0 Å². The molecule has 6 nitrogen and oxygen atoms in total. The highest BCUT2D eigenvalue weighted by molar-refractivity contribution is 7.09. The fourth-order valence-electron chi connectivity index (χ4n) is 2.89. The molecule has 0 aliphatic carbocycles. The zero-order valence-electron chi connectivity index (χ0n) is 13.4. The van der Waals surface area contributed by atoms with Crippen LogP contribution in [0, 0.1) is 6.92 Å². The molecule has 3 rings (SSSR count). The van der Waals surface area contributed by atoms with E-state index in [0.717, 1.165) is 30.0 Å². The molecule has 0 N–H and O–H groups in total. The molecule has 1 atom stereocenters. The van der Waals surface area contributed by atoms with Gasteiger partial charge in [0.2, 0.25) is 0 Å². The van der Waals surface area contributed by atoms with E-state index in [1.54, 1.807) is 11.3 Å². The van der Waals surface area contributed by atoms with Gasteiger partial charge in [0.25, 0.3) is 11.5 Å². The van der Waals surface area contributed by atoms with Crippen LogP contribution in [0.5, 0.6) is 0 Å². The Morgan fingerprint density at radius 2 is 2.22 bits per heavy atom. The summed E-state index contributed by atoms with van der Waals surface area (Å²) in [5.41, 5.74) is 1.13. The number of aryl methyl sites for hydroxylation is 2. The first-order valence-corrected chi connectivity index (χ1v) is 8.79. The number of rotatable bonds is 3. The van der Waals surface area contributed by atoms with Gasteiger partial charge in [0.15, 0.2) is 0 Å². The Bertz CT molecular complexity index is 767. The van der Waals surface area contributed by atoms with Crippen LogP contribution < -0.4 is 5.56 Å². The van der Waals surface area contributed by atoms with Crippen molar-refractivity contribution in [1.82, 2.24) is 19.7 Å². The fourth-order valence-corrected chi connectivity index (χ4v) is 3.84. The van der Waals surface area contributed by atoms with E-state index in [1.807, 2.05) is 24.1 Å². The van der Waals surface area contributed by atoms with E-state index in [9.17, 15) is 9.59 Å². The molecule has 1 saturated heterocycles. The van der Waals surface area contributed by atoms with Crippen LogP contribution in [0.1, 0.15) is 53.4 Å². The number of likely N-dealkylation sites (tertiary alicyclic amines) is 1. The van der Waals surface area contributed by atoms with Crippen molar-refractivity contribution in [2.75, 3.05) is 6.54 Å². The molecule has 0 spiro atoms. The topological polar surface area (TPSA) is 68.1 Å². The van der Waals surface area contributed by atoms with Gasteiger partial charge in [-0.15, -0.1) is 11.3 Å². The molecule has 2 aromatic heterocycles. The summed E-state index contributed by atoms with van der Waals surface area (Å²) in [5, 5.41) is 7.20. The second kappa shape index (κ2) is 6.62. The number of nitrogens with zero attached hydrogens (tertiary/aromatic N) is 4. The molecule has 0 bridgehead atoms. The zero-order chi connectivity index (χ0) is 16.4. The number of piperidine rings is 1. The molecule has 0 unspecified atom stereocenters. The molecule has 23 heavy (non-hydrogen) atoms. The number of carbonyl (C=O) groups excluding carboxylic acids is 1. The molecule has 0 saturated carbocycles. The summed E-state index contributed by atoms with van der Waals surface area (Å²) in [6, 6.07) is 2.95. The molecule has 7 heteroatoms. The summed E-state index contributed by atoms with van der Waals surface area (Å²) >= 11 is 1.60. The predicted molar refractivity (Wildman–Crippen MR) is 88.7 cm³/mol. The lowest BCUT2D eigenvalue weighted by Crippen LogP contribution is -2.39. The van der Waals surface area contributed by atoms with E-state index in [4.69, 9.17) is 0 Å². The Balaban J connectivity index is 1.91. The molecule has 1 aliphatic rings. The van der Waals surface area contributed by atoms with E-state index < -0.39 is 0 Å². The first-order chi connectivity index (χ1) is 11.1. The molecule has 0 aromatic carbocycles. The van der Waals surface area contributed by atoms with Crippen molar-refractivity contribution < 1.29 is 4.79 Å². The smallest absolute Gasteiger partial charge is 0.274 e. The van der Waals surface area contributed by atoms with E-state index in [2.05, 4.69) is 10.1 Å². The third-order valence-electron chi connectivity index (χ3n) is 4.07. The van der Waals surface area contributed by atoms with Crippen molar-refractivity contribution in [3.05, 3.63) is 44.3 Å². The molecule has 2 aromatic rings. The summed E-state index contributed by atoms with van der Waals surface area (Å²) in [5.74, 6) is -0.121. The lowest BCUT2D eigenvalue weighted by molar-refractivity contribution is 0.0602. The van der Waals surface area contributed by atoms with Crippen molar-refractivity contribution in [2.24, 2.45) is 0 Å². The maximum absolute atomic E-state index is 12.9. The van der Waals surface area contributed by atoms with Crippen LogP contribution in [0.2, 0.25) is 0 Å². The van der Waals surface area contributed by atoms with Gasteiger partial charge in [-0.05, 0) is 39.2 Å². The van der Waals surface area contributed by atoms with Crippen LogP contribution in [0.4, 0.5) is 0 Å². The summed E-state index contributed by atoms with van der Waals surface area (Å²) in [4.78, 5) is 31.0. The number of hydrogen-bond acceptors (Lipinski definition) is 5. The second-order valence-corrected chi connectivity index (χ2v) is 6.60. The van der Waals surface area contributed by atoms with Gasteiger partial charge in [0.1, 0.15) is 10.7 Å². The molecule has 3 heterocycles. The molecule has 1 amide bonds. The normalized spacial score (nSPS) is 18.2. The second-order valence-electron chi connectivity index (χ2n) is 5.71. The minimum Gasteiger partial charge on any atom is -0.328 e. The molecule has 122 valence electrons. The third kappa shape index (κ3) is 3.19. The van der Waals surface area contributed by atoms with Crippen molar-refractivity contribution in [3.63, 3.8) is 0 Å². The first-order valence-electron chi connectivity index (χ1n) is 7.91. The van der Waals surface area contributed by atoms with Crippen LogP contribution in [0.25, 0.3) is 0 Å². The fraction of sp³-hybridized carbons (Fsp3) is 0.500. The summed E-state index contributed by atoms with van der Waals surface area (Å²) < 4.78 is 1.32. The minimum atomic E-state index is -0.185. The van der Waals surface area contributed by atoms with Gasteiger partial charge in [-0.1, -0.05) is 0 Å². The molecule has 1 aliphatic heterocycles. The number of carbonyl (C=O) groups is 1. The first kappa shape index (κ1) is 15.9. The van der Waals surface area contributed by atoms with E-state index >= 15 is 0 Å². The van der Waals surface area contributed by atoms with Gasteiger partial charge in [0, 0.05) is 30.2 Å². The average Bonchev–Trinajstić information content (AvgIpc) is 3.01. The summed E-state index contributed by atoms with van der Waals surface area (Å²) in [7, 11) is 0. The van der Waals surface area contributed by atoms with Gasteiger partial charge in [-0.3, -0.25) is 9.59 Å². The monoisotopic (exact) mass is 332 g/mol.